The molecular weight excluding hydrogens is 502 g/mol. The number of amides is 2. The molecule has 0 atom stereocenters. The number of nitrogens with zero attached hydrogens (tertiary/aromatic N) is 1. The Bertz CT molecular complexity index is 1300. The number of benzene rings is 2. The molecule has 0 aliphatic heterocycles. The summed E-state index contributed by atoms with van der Waals surface area (Å²) in [5.41, 5.74) is 9.14. The van der Waals surface area contributed by atoms with Crippen molar-refractivity contribution in [3.8, 4) is 0 Å². The number of fused-ring (bicyclic) bond motifs is 1. The van der Waals surface area contributed by atoms with Gasteiger partial charge in [0.25, 0.3) is 11.8 Å². The lowest BCUT2D eigenvalue weighted by molar-refractivity contribution is 0.0955. The highest BCUT2D eigenvalue weighted by Gasteiger charge is 2.26. The van der Waals surface area contributed by atoms with Crippen LogP contribution >= 0.6 is 23.1 Å². The fourth-order valence-corrected chi connectivity index (χ4v) is 6.47. The van der Waals surface area contributed by atoms with Crippen LogP contribution in [0.2, 0.25) is 0 Å². The van der Waals surface area contributed by atoms with Gasteiger partial charge in [0.2, 0.25) is 0 Å². The SMILES string of the molecule is Cc1ccc(/C=N/NC(=O)c2c(NC(=O)c3cccc(CSCCCO)c3)sc3c2CCCC3)cc1C. The summed E-state index contributed by atoms with van der Waals surface area (Å²) in [7, 11) is 0. The molecule has 6 nitrogen and oxygen atoms in total. The Hall–Kier alpha value is -2.94. The molecule has 8 heteroatoms. The van der Waals surface area contributed by atoms with Crippen molar-refractivity contribution in [3.63, 3.8) is 0 Å². The lowest BCUT2D eigenvalue weighted by atomic mass is 9.95. The maximum atomic E-state index is 13.3. The van der Waals surface area contributed by atoms with Gasteiger partial charge in [-0.1, -0.05) is 30.3 Å². The molecule has 0 saturated carbocycles. The summed E-state index contributed by atoms with van der Waals surface area (Å²) >= 11 is 3.23. The molecule has 4 rings (SSSR count). The number of aryl methyl sites for hydroxylation is 3. The molecular formula is C29H33N3O3S2. The van der Waals surface area contributed by atoms with E-state index in [9.17, 15) is 9.59 Å². The zero-order valence-corrected chi connectivity index (χ0v) is 22.9. The Morgan fingerprint density at radius 1 is 1.08 bits per heavy atom. The number of aliphatic hydroxyl groups is 1. The van der Waals surface area contributed by atoms with Crippen molar-refractivity contribution in [2.24, 2.45) is 5.10 Å². The quantitative estimate of drug-likeness (QED) is 0.172. The summed E-state index contributed by atoms with van der Waals surface area (Å²) in [5.74, 6) is 1.12. The standard InChI is InChI=1S/C29H33N3O3S2/c1-19-11-12-21(15-20(19)2)17-30-32-28(35)26-24-9-3-4-10-25(24)37-29(26)31-27(34)23-8-5-7-22(16-23)18-36-14-6-13-33/h5,7-8,11-12,15-17,33H,3-4,6,9-10,13-14,18H2,1-2H3,(H,31,34)(H,32,35)/b30-17+. The van der Waals surface area contributed by atoms with Gasteiger partial charge in [-0.2, -0.15) is 16.9 Å². The highest BCUT2D eigenvalue weighted by Crippen LogP contribution is 2.38. The average molecular weight is 536 g/mol. The van der Waals surface area contributed by atoms with E-state index in [1.807, 2.05) is 43.3 Å². The van der Waals surface area contributed by atoms with Crippen LogP contribution in [-0.2, 0) is 18.6 Å². The fraction of sp³-hybridized carbons (Fsp3) is 0.345. The first kappa shape index (κ1) is 27.1. The number of anilines is 1. The van der Waals surface area contributed by atoms with Crippen molar-refractivity contribution < 1.29 is 14.7 Å². The van der Waals surface area contributed by atoms with Crippen molar-refractivity contribution in [2.45, 2.75) is 51.7 Å². The van der Waals surface area contributed by atoms with Gasteiger partial charge in [-0.15, -0.1) is 11.3 Å². The third-order valence-corrected chi connectivity index (χ3v) is 8.76. The van der Waals surface area contributed by atoms with Gasteiger partial charge in [0.05, 0.1) is 11.8 Å². The molecule has 1 aliphatic rings. The van der Waals surface area contributed by atoms with Crippen LogP contribution in [0, 0.1) is 13.8 Å². The Balaban J connectivity index is 1.50. The number of carbonyl (C=O) groups is 2. The molecule has 3 N–H and O–H groups in total. The van der Waals surface area contributed by atoms with E-state index in [1.54, 1.807) is 24.0 Å². The number of rotatable bonds is 10. The second kappa shape index (κ2) is 13.0. The van der Waals surface area contributed by atoms with Gasteiger partial charge >= 0.3 is 0 Å². The Kier molecular flexibility index (Phi) is 9.55. The maximum Gasteiger partial charge on any atom is 0.274 e. The van der Waals surface area contributed by atoms with E-state index in [4.69, 9.17) is 5.11 Å². The molecule has 1 heterocycles. The molecule has 0 radical (unpaired) electrons. The molecule has 0 spiro atoms. The van der Waals surface area contributed by atoms with Crippen LogP contribution < -0.4 is 10.7 Å². The van der Waals surface area contributed by atoms with E-state index in [1.165, 1.54) is 27.3 Å². The number of thioether (sulfide) groups is 1. The summed E-state index contributed by atoms with van der Waals surface area (Å²) in [5, 5.41) is 16.8. The van der Waals surface area contributed by atoms with E-state index >= 15 is 0 Å². The van der Waals surface area contributed by atoms with Crippen LogP contribution in [0.1, 0.15) is 72.7 Å². The molecule has 0 unspecified atom stereocenters. The van der Waals surface area contributed by atoms with Crippen molar-refractivity contribution >= 4 is 46.1 Å². The first-order valence-electron chi connectivity index (χ1n) is 12.6. The zero-order chi connectivity index (χ0) is 26.2. The third kappa shape index (κ3) is 7.09. The van der Waals surface area contributed by atoms with Gasteiger partial charge in [0.1, 0.15) is 5.00 Å². The summed E-state index contributed by atoms with van der Waals surface area (Å²) in [6, 6.07) is 13.6. The maximum absolute atomic E-state index is 13.3. The van der Waals surface area contributed by atoms with E-state index in [-0.39, 0.29) is 18.4 Å². The normalized spacial score (nSPS) is 12.9. The number of carbonyl (C=O) groups excluding carboxylic acids is 2. The third-order valence-electron chi connectivity index (χ3n) is 6.44. The topological polar surface area (TPSA) is 90.8 Å². The van der Waals surface area contributed by atoms with Gasteiger partial charge in [0.15, 0.2) is 0 Å². The van der Waals surface area contributed by atoms with Gasteiger partial charge in [-0.05, 0) is 91.7 Å². The van der Waals surface area contributed by atoms with Crippen molar-refractivity contribution in [1.29, 1.82) is 0 Å². The predicted octanol–water partition coefficient (Wildman–Crippen LogP) is 5.88. The first-order chi connectivity index (χ1) is 18.0. The molecule has 194 valence electrons. The van der Waals surface area contributed by atoms with Crippen molar-refractivity contribution in [3.05, 3.63) is 86.3 Å². The van der Waals surface area contributed by atoms with E-state index < -0.39 is 0 Å². The second-order valence-corrected chi connectivity index (χ2v) is 11.5. The molecule has 2 amide bonds. The molecule has 1 aromatic heterocycles. The van der Waals surface area contributed by atoms with Gasteiger partial charge in [-0.25, -0.2) is 5.43 Å². The summed E-state index contributed by atoms with van der Waals surface area (Å²) in [6.45, 7) is 4.29. The van der Waals surface area contributed by atoms with Crippen LogP contribution in [0.4, 0.5) is 5.00 Å². The fourth-order valence-electron chi connectivity index (χ4n) is 4.29. The predicted molar refractivity (Wildman–Crippen MR) is 154 cm³/mol. The van der Waals surface area contributed by atoms with E-state index in [0.717, 1.165) is 60.3 Å². The van der Waals surface area contributed by atoms with Gasteiger partial charge in [-0.3, -0.25) is 9.59 Å². The largest absolute Gasteiger partial charge is 0.396 e. The molecule has 0 saturated heterocycles. The number of thiophene rings is 1. The summed E-state index contributed by atoms with van der Waals surface area (Å²) in [6.07, 6.45) is 6.26. The van der Waals surface area contributed by atoms with Crippen molar-refractivity contribution in [1.82, 2.24) is 5.43 Å². The lowest BCUT2D eigenvalue weighted by Crippen LogP contribution is -2.22. The Labute approximate surface area is 226 Å². The van der Waals surface area contributed by atoms with Gasteiger partial charge in [0, 0.05) is 22.8 Å². The minimum Gasteiger partial charge on any atom is -0.396 e. The molecule has 0 fully saturated rings. The number of nitrogens with one attached hydrogen (secondary N) is 2. The molecule has 2 aromatic carbocycles. The van der Waals surface area contributed by atoms with Crippen molar-refractivity contribution in [2.75, 3.05) is 17.7 Å². The molecule has 1 aliphatic carbocycles. The summed E-state index contributed by atoms with van der Waals surface area (Å²) < 4.78 is 0. The zero-order valence-electron chi connectivity index (χ0n) is 21.3. The smallest absolute Gasteiger partial charge is 0.274 e. The van der Waals surface area contributed by atoms with Gasteiger partial charge < -0.3 is 10.4 Å². The Morgan fingerprint density at radius 2 is 1.92 bits per heavy atom. The van der Waals surface area contributed by atoms with E-state index in [2.05, 4.69) is 22.8 Å². The van der Waals surface area contributed by atoms with E-state index in [0.29, 0.717) is 16.1 Å². The van der Waals surface area contributed by atoms with Crippen LogP contribution in [0.25, 0.3) is 0 Å². The molecule has 3 aromatic rings. The summed E-state index contributed by atoms with van der Waals surface area (Å²) in [4.78, 5) is 27.6. The van der Waals surface area contributed by atoms with Crippen LogP contribution in [-0.4, -0.2) is 35.5 Å². The lowest BCUT2D eigenvalue weighted by Gasteiger charge is -2.12. The average Bonchev–Trinajstić information content (AvgIpc) is 3.26. The van der Waals surface area contributed by atoms with Crippen LogP contribution in [0.5, 0.6) is 0 Å². The Morgan fingerprint density at radius 3 is 2.73 bits per heavy atom. The number of aliphatic hydroxyl groups excluding tert-OH is 1. The molecule has 37 heavy (non-hydrogen) atoms. The second-order valence-electron chi connectivity index (χ2n) is 9.24. The number of hydrogen-bond acceptors (Lipinski definition) is 6. The minimum atomic E-state index is -0.302. The highest BCUT2D eigenvalue weighted by atomic mass is 32.2. The highest BCUT2D eigenvalue weighted by molar-refractivity contribution is 7.98. The van der Waals surface area contributed by atoms with Crippen LogP contribution in [0.15, 0.2) is 47.6 Å². The monoisotopic (exact) mass is 535 g/mol. The number of hydrogen-bond donors (Lipinski definition) is 3. The number of hydrazone groups is 1. The first-order valence-corrected chi connectivity index (χ1v) is 14.6. The van der Waals surface area contributed by atoms with Crippen LogP contribution in [0.3, 0.4) is 0 Å². The molecule has 0 bridgehead atoms. The minimum absolute atomic E-state index is 0.188.